The molecule has 1 aromatic rings. The number of thioether (sulfide) groups is 1. The van der Waals surface area contributed by atoms with E-state index in [1.165, 1.54) is 0 Å². The molecule has 6 heteroatoms. The van der Waals surface area contributed by atoms with Crippen molar-refractivity contribution in [3.05, 3.63) is 42.5 Å². The fourth-order valence-electron chi connectivity index (χ4n) is 1.85. The Hall–Kier alpha value is -0.890. The average Bonchev–Trinajstić information content (AvgIpc) is 2.55. The molecule has 130 valence electrons. The third kappa shape index (κ3) is 9.76. The lowest BCUT2D eigenvalue weighted by Gasteiger charge is -2.12. The largest absolute Gasteiger partial charge is 0.489 e. The van der Waals surface area contributed by atoms with Crippen LogP contribution in [0.2, 0.25) is 0 Å². The fourth-order valence-corrected chi connectivity index (χ4v) is 2.29. The summed E-state index contributed by atoms with van der Waals surface area (Å²) in [5, 5.41) is 6.62. The van der Waals surface area contributed by atoms with Crippen molar-refractivity contribution in [2.24, 2.45) is 4.99 Å². The molecule has 1 rings (SSSR count). The van der Waals surface area contributed by atoms with Crippen molar-refractivity contribution >= 4 is 41.7 Å². The van der Waals surface area contributed by atoms with Crippen LogP contribution >= 0.6 is 35.7 Å². The molecule has 0 heterocycles. The second-order valence-electron chi connectivity index (χ2n) is 4.68. The summed E-state index contributed by atoms with van der Waals surface area (Å²) in [5.41, 5.74) is 1.07. The third-order valence-electron chi connectivity index (χ3n) is 2.90. The van der Waals surface area contributed by atoms with Gasteiger partial charge in [-0.15, -0.1) is 24.0 Å². The van der Waals surface area contributed by atoms with Crippen LogP contribution in [0, 0.1) is 0 Å². The first-order chi connectivity index (χ1) is 10.8. The first-order valence-electron chi connectivity index (χ1n) is 7.64. The standard InChI is InChI=1S/C17H27N3OS.HI/c1-4-12-21-16-10-7-6-9-15(16)14-20-17(18-5-2)19-11-8-13-22-3;/h4,6-7,9-10H,1,5,8,11-14H2,2-3H3,(H2,18,19,20);1H. The number of halogens is 1. The van der Waals surface area contributed by atoms with E-state index >= 15 is 0 Å². The van der Waals surface area contributed by atoms with Crippen LogP contribution in [0.1, 0.15) is 18.9 Å². The quantitative estimate of drug-likeness (QED) is 0.188. The maximum Gasteiger partial charge on any atom is 0.191 e. The molecule has 0 aliphatic carbocycles. The normalized spacial score (nSPS) is 10.6. The number of para-hydroxylation sites is 1. The molecular formula is C17H28IN3OS. The van der Waals surface area contributed by atoms with Crippen LogP contribution in [0.4, 0.5) is 0 Å². The van der Waals surface area contributed by atoms with Crippen LogP contribution < -0.4 is 15.4 Å². The third-order valence-corrected chi connectivity index (χ3v) is 3.60. The van der Waals surface area contributed by atoms with Crippen LogP contribution in [0.5, 0.6) is 5.75 Å². The summed E-state index contributed by atoms with van der Waals surface area (Å²) >= 11 is 1.86. The molecule has 0 atom stereocenters. The minimum atomic E-state index is 0. The summed E-state index contributed by atoms with van der Waals surface area (Å²) in [7, 11) is 0. The fraction of sp³-hybridized carbons (Fsp3) is 0.471. The highest BCUT2D eigenvalue weighted by Gasteiger charge is 2.03. The van der Waals surface area contributed by atoms with Gasteiger partial charge in [-0.05, 0) is 31.4 Å². The Morgan fingerprint density at radius 3 is 2.83 bits per heavy atom. The number of guanidine groups is 1. The predicted octanol–water partition coefficient (Wildman–Crippen LogP) is 3.68. The number of rotatable bonds is 10. The number of benzene rings is 1. The molecule has 23 heavy (non-hydrogen) atoms. The van der Waals surface area contributed by atoms with Crippen LogP contribution in [0.25, 0.3) is 0 Å². The number of nitrogens with zero attached hydrogens (tertiary/aromatic N) is 1. The number of hydrogen-bond acceptors (Lipinski definition) is 3. The van der Waals surface area contributed by atoms with Gasteiger partial charge in [-0.3, -0.25) is 0 Å². The van der Waals surface area contributed by atoms with E-state index in [0.29, 0.717) is 13.2 Å². The SMILES string of the molecule is C=CCOc1ccccc1CN=C(NCC)NCCCSC.I. The van der Waals surface area contributed by atoms with E-state index in [0.717, 1.165) is 42.5 Å². The van der Waals surface area contributed by atoms with E-state index in [4.69, 9.17) is 4.74 Å². The predicted molar refractivity (Wildman–Crippen MR) is 113 cm³/mol. The topological polar surface area (TPSA) is 45.6 Å². The minimum Gasteiger partial charge on any atom is -0.489 e. The summed E-state index contributed by atoms with van der Waals surface area (Å²) < 4.78 is 5.66. The Balaban J connectivity index is 0.00000484. The molecule has 2 N–H and O–H groups in total. The van der Waals surface area contributed by atoms with Crippen LogP contribution in [-0.2, 0) is 6.54 Å². The first-order valence-corrected chi connectivity index (χ1v) is 9.04. The zero-order valence-electron chi connectivity index (χ0n) is 14.0. The summed E-state index contributed by atoms with van der Waals surface area (Å²) in [6, 6.07) is 7.98. The van der Waals surface area contributed by atoms with Gasteiger partial charge < -0.3 is 15.4 Å². The van der Waals surface area contributed by atoms with E-state index in [1.54, 1.807) is 6.08 Å². The second-order valence-corrected chi connectivity index (χ2v) is 5.66. The molecule has 0 unspecified atom stereocenters. The molecule has 0 saturated carbocycles. The molecule has 0 bridgehead atoms. The van der Waals surface area contributed by atoms with Gasteiger partial charge in [-0.1, -0.05) is 30.9 Å². The van der Waals surface area contributed by atoms with Crippen molar-refractivity contribution in [3.63, 3.8) is 0 Å². The van der Waals surface area contributed by atoms with Crippen molar-refractivity contribution in [1.82, 2.24) is 10.6 Å². The van der Waals surface area contributed by atoms with E-state index in [-0.39, 0.29) is 24.0 Å². The van der Waals surface area contributed by atoms with Crippen LogP contribution in [0.3, 0.4) is 0 Å². The highest BCUT2D eigenvalue weighted by atomic mass is 127. The van der Waals surface area contributed by atoms with Gasteiger partial charge in [-0.2, -0.15) is 11.8 Å². The lowest BCUT2D eigenvalue weighted by molar-refractivity contribution is 0.359. The van der Waals surface area contributed by atoms with E-state index in [1.807, 2.05) is 36.0 Å². The number of nitrogens with one attached hydrogen (secondary N) is 2. The molecule has 0 amide bonds. The van der Waals surface area contributed by atoms with Gasteiger partial charge in [-0.25, -0.2) is 4.99 Å². The van der Waals surface area contributed by atoms with Gasteiger partial charge in [0.05, 0.1) is 6.54 Å². The highest BCUT2D eigenvalue weighted by molar-refractivity contribution is 14.0. The maximum absolute atomic E-state index is 5.66. The summed E-state index contributed by atoms with van der Waals surface area (Å²) in [5.74, 6) is 2.87. The summed E-state index contributed by atoms with van der Waals surface area (Å²) in [4.78, 5) is 4.63. The van der Waals surface area contributed by atoms with Crippen molar-refractivity contribution in [2.75, 3.05) is 31.7 Å². The van der Waals surface area contributed by atoms with Crippen LogP contribution in [0.15, 0.2) is 41.9 Å². The maximum atomic E-state index is 5.66. The Kier molecular flexibility index (Phi) is 14.1. The highest BCUT2D eigenvalue weighted by Crippen LogP contribution is 2.18. The molecule has 0 saturated heterocycles. The summed E-state index contributed by atoms with van der Waals surface area (Å²) in [6.45, 7) is 8.63. The van der Waals surface area contributed by atoms with E-state index in [2.05, 4.69) is 35.4 Å². The number of hydrogen-bond donors (Lipinski definition) is 2. The van der Waals surface area contributed by atoms with E-state index < -0.39 is 0 Å². The molecule has 4 nitrogen and oxygen atoms in total. The lowest BCUT2D eigenvalue weighted by atomic mass is 10.2. The van der Waals surface area contributed by atoms with Gasteiger partial charge in [0.25, 0.3) is 0 Å². The molecule has 0 aliphatic heterocycles. The lowest BCUT2D eigenvalue weighted by Crippen LogP contribution is -2.37. The van der Waals surface area contributed by atoms with Crippen molar-refractivity contribution < 1.29 is 4.74 Å². The number of aliphatic imine (C=N–C) groups is 1. The smallest absolute Gasteiger partial charge is 0.191 e. The van der Waals surface area contributed by atoms with Gasteiger partial charge >= 0.3 is 0 Å². The first kappa shape index (κ1) is 22.1. The molecular weight excluding hydrogens is 421 g/mol. The van der Waals surface area contributed by atoms with Gasteiger partial charge in [0.1, 0.15) is 12.4 Å². The van der Waals surface area contributed by atoms with Crippen molar-refractivity contribution in [2.45, 2.75) is 19.9 Å². The van der Waals surface area contributed by atoms with Gasteiger partial charge in [0.15, 0.2) is 5.96 Å². The number of ether oxygens (including phenoxy) is 1. The Bertz CT molecular complexity index is 469. The monoisotopic (exact) mass is 449 g/mol. The van der Waals surface area contributed by atoms with Crippen molar-refractivity contribution in [1.29, 1.82) is 0 Å². The zero-order chi connectivity index (χ0) is 16.0. The van der Waals surface area contributed by atoms with Crippen LogP contribution in [-0.4, -0.2) is 37.7 Å². The average molecular weight is 449 g/mol. The second kappa shape index (κ2) is 14.7. The Labute approximate surface area is 161 Å². The zero-order valence-corrected chi connectivity index (χ0v) is 17.2. The van der Waals surface area contributed by atoms with Gasteiger partial charge in [0.2, 0.25) is 0 Å². The Morgan fingerprint density at radius 2 is 2.13 bits per heavy atom. The molecule has 0 fully saturated rings. The minimum absolute atomic E-state index is 0. The molecule has 0 aromatic heterocycles. The molecule has 0 radical (unpaired) electrons. The molecule has 0 aliphatic rings. The van der Waals surface area contributed by atoms with Crippen molar-refractivity contribution in [3.8, 4) is 5.75 Å². The summed E-state index contributed by atoms with van der Waals surface area (Å²) in [6.07, 6.45) is 5.00. The van der Waals surface area contributed by atoms with Gasteiger partial charge in [0, 0.05) is 18.7 Å². The molecule has 1 aromatic carbocycles. The Morgan fingerprint density at radius 1 is 1.35 bits per heavy atom. The molecule has 0 spiro atoms. The van der Waals surface area contributed by atoms with E-state index in [9.17, 15) is 0 Å².